The third-order valence-corrected chi connectivity index (χ3v) is 3.32. The van der Waals surface area contributed by atoms with Gasteiger partial charge in [0.2, 0.25) is 0 Å². The highest BCUT2D eigenvalue weighted by Gasteiger charge is 2.14. The fraction of sp³-hybridized carbons (Fsp3) is 0.500. The topological polar surface area (TPSA) is 50.4 Å². The smallest absolute Gasteiger partial charge is 0.337 e. The number of nitrogens with one attached hydrogen (secondary N) is 2. The Morgan fingerprint density at radius 1 is 1.50 bits per heavy atom. The molecule has 98 valence electrons. The number of hydrogen-bond donors (Lipinski definition) is 2. The molecule has 1 atom stereocenters. The lowest BCUT2D eigenvalue weighted by molar-refractivity contribution is 0.0601. The quantitative estimate of drug-likeness (QED) is 0.803. The fourth-order valence-corrected chi connectivity index (χ4v) is 2.22. The minimum Gasteiger partial charge on any atom is -0.465 e. The average Bonchev–Trinajstić information content (AvgIpc) is 2.41. The fourth-order valence-electron chi connectivity index (χ4n) is 2.22. The zero-order chi connectivity index (χ0) is 13.0. The summed E-state index contributed by atoms with van der Waals surface area (Å²) < 4.78 is 4.74. The number of aryl methyl sites for hydroxylation is 1. The minimum atomic E-state index is -0.292. The normalized spacial score (nSPS) is 19.3. The molecule has 1 aromatic rings. The monoisotopic (exact) mass is 248 g/mol. The zero-order valence-corrected chi connectivity index (χ0v) is 11.0. The highest BCUT2D eigenvalue weighted by Crippen LogP contribution is 2.20. The molecule has 1 heterocycles. The number of hydrogen-bond acceptors (Lipinski definition) is 4. The van der Waals surface area contributed by atoms with Gasteiger partial charge in [0, 0.05) is 18.3 Å². The highest BCUT2D eigenvalue weighted by atomic mass is 16.5. The van der Waals surface area contributed by atoms with E-state index in [4.69, 9.17) is 4.74 Å². The molecule has 0 radical (unpaired) electrons. The summed E-state index contributed by atoms with van der Waals surface area (Å²) in [6.07, 6.45) is 2.35. The first-order valence-corrected chi connectivity index (χ1v) is 6.37. The Labute approximate surface area is 108 Å². The van der Waals surface area contributed by atoms with E-state index in [0.29, 0.717) is 11.6 Å². The number of carbonyl (C=O) groups is 1. The molecule has 0 bridgehead atoms. The van der Waals surface area contributed by atoms with Gasteiger partial charge in [0.05, 0.1) is 12.7 Å². The SMILES string of the molecule is COC(=O)c1ccc(C)c(NC2CCCNC2)c1. The largest absolute Gasteiger partial charge is 0.465 e. The van der Waals surface area contributed by atoms with Crippen LogP contribution in [0.2, 0.25) is 0 Å². The van der Waals surface area contributed by atoms with E-state index in [1.54, 1.807) is 6.07 Å². The Morgan fingerprint density at radius 3 is 3.00 bits per heavy atom. The second-order valence-corrected chi connectivity index (χ2v) is 4.71. The molecule has 1 aliphatic rings. The maximum atomic E-state index is 11.5. The molecular formula is C14H20N2O2. The van der Waals surface area contributed by atoms with Gasteiger partial charge in [0.15, 0.2) is 0 Å². The molecule has 0 spiro atoms. The Hall–Kier alpha value is -1.55. The molecule has 0 aliphatic carbocycles. The minimum absolute atomic E-state index is 0.292. The summed E-state index contributed by atoms with van der Waals surface area (Å²) in [4.78, 5) is 11.5. The van der Waals surface area contributed by atoms with Gasteiger partial charge in [0.25, 0.3) is 0 Å². The number of piperidine rings is 1. The number of anilines is 1. The maximum Gasteiger partial charge on any atom is 0.337 e. The molecule has 2 rings (SSSR count). The van der Waals surface area contributed by atoms with Crippen LogP contribution in [-0.2, 0) is 4.74 Å². The third kappa shape index (κ3) is 3.01. The lowest BCUT2D eigenvalue weighted by atomic mass is 10.1. The van der Waals surface area contributed by atoms with E-state index in [9.17, 15) is 4.79 Å². The predicted octanol–water partition coefficient (Wildman–Crippen LogP) is 1.95. The number of carbonyl (C=O) groups excluding carboxylic acids is 1. The summed E-state index contributed by atoms with van der Waals surface area (Å²) in [6.45, 7) is 4.11. The van der Waals surface area contributed by atoms with Crippen molar-refractivity contribution in [3.63, 3.8) is 0 Å². The number of ether oxygens (including phenoxy) is 1. The maximum absolute atomic E-state index is 11.5. The van der Waals surface area contributed by atoms with E-state index in [-0.39, 0.29) is 5.97 Å². The van der Waals surface area contributed by atoms with Crippen LogP contribution in [0.3, 0.4) is 0 Å². The van der Waals surface area contributed by atoms with Gasteiger partial charge in [-0.15, -0.1) is 0 Å². The van der Waals surface area contributed by atoms with E-state index >= 15 is 0 Å². The molecule has 0 saturated carbocycles. The van der Waals surface area contributed by atoms with Crippen LogP contribution in [0.25, 0.3) is 0 Å². The van der Waals surface area contributed by atoms with E-state index in [1.165, 1.54) is 13.5 Å². The number of rotatable bonds is 3. The zero-order valence-electron chi connectivity index (χ0n) is 11.0. The molecule has 2 N–H and O–H groups in total. The van der Waals surface area contributed by atoms with Gasteiger partial charge in [-0.1, -0.05) is 6.07 Å². The molecule has 4 nitrogen and oxygen atoms in total. The van der Waals surface area contributed by atoms with Gasteiger partial charge in [-0.25, -0.2) is 4.79 Å². The van der Waals surface area contributed by atoms with Gasteiger partial charge < -0.3 is 15.4 Å². The average molecular weight is 248 g/mol. The van der Waals surface area contributed by atoms with Crippen LogP contribution in [0.1, 0.15) is 28.8 Å². The van der Waals surface area contributed by atoms with Crippen molar-refractivity contribution in [1.29, 1.82) is 0 Å². The Balaban J connectivity index is 2.12. The van der Waals surface area contributed by atoms with E-state index in [0.717, 1.165) is 30.8 Å². The van der Waals surface area contributed by atoms with Crippen LogP contribution in [0, 0.1) is 6.92 Å². The van der Waals surface area contributed by atoms with E-state index < -0.39 is 0 Å². The van der Waals surface area contributed by atoms with Crippen molar-refractivity contribution in [3.05, 3.63) is 29.3 Å². The second kappa shape index (κ2) is 5.87. The van der Waals surface area contributed by atoms with Crippen LogP contribution in [0.5, 0.6) is 0 Å². The summed E-state index contributed by atoms with van der Waals surface area (Å²) in [5.74, 6) is -0.292. The first-order valence-electron chi connectivity index (χ1n) is 6.37. The van der Waals surface area contributed by atoms with Gasteiger partial charge in [-0.3, -0.25) is 0 Å². The molecule has 1 aromatic carbocycles. The summed E-state index contributed by atoms with van der Waals surface area (Å²) in [5.41, 5.74) is 2.76. The van der Waals surface area contributed by atoms with Crippen molar-refractivity contribution in [2.45, 2.75) is 25.8 Å². The Bertz CT molecular complexity index is 426. The molecule has 1 fully saturated rings. The van der Waals surface area contributed by atoms with Crippen molar-refractivity contribution < 1.29 is 9.53 Å². The molecule has 0 aromatic heterocycles. The lowest BCUT2D eigenvalue weighted by Crippen LogP contribution is -2.38. The first kappa shape index (κ1) is 12.9. The number of esters is 1. The van der Waals surface area contributed by atoms with Crippen LogP contribution in [0.4, 0.5) is 5.69 Å². The molecular weight excluding hydrogens is 228 g/mol. The second-order valence-electron chi connectivity index (χ2n) is 4.71. The summed E-state index contributed by atoms with van der Waals surface area (Å²) in [6, 6.07) is 6.05. The van der Waals surface area contributed by atoms with Gasteiger partial charge in [-0.2, -0.15) is 0 Å². The molecule has 18 heavy (non-hydrogen) atoms. The van der Waals surface area contributed by atoms with Crippen LogP contribution < -0.4 is 10.6 Å². The van der Waals surface area contributed by atoms with Crippen molar-refractivity contribution in [2.75, 3.05) is 25.5 Å². The lowest BCUT2D eigenvalue weighted by Gasteiger charge is -2.25. The molecule has 0 amide bonds. The van der Waals surface area contributed by atoms with Crippen molar-refractivity contribution >= 4 is 11.7 Å². The van der Waals surface area contributed by atoms with Gasteiger partial charge >= 0.3 is 5.97 Å². The molecule has 1 saturated heterocycles. The summed E-state index contributed by atoms with van der Waals surface area (Å²) >= 11 is 0. The van der Waals surface area contributed by atoms with Gasteiger partial charge in [-0.05, 0) is 44.0 Å². The van der Waals surface area contributed by atoms with Crippen LogP contribution >= 0.6 is 0 Å². The van der Waals surface area contributed by atoms with E-state index in [2.05, 4.69) is 10.6 Å². The standard InChI is InChI=1S/C14H20N2O2/c1-10-5-6-11(14(17)18-2)8-13(10)16-12-4-3-7-15-9-12/h5-6,8,12,15-16H,3-4,7,9H2,1-2H3. The molecule has 4 heteroatoms. The first-order chi connectivity index (χ1) is 8.70. The van der Waals surface area contributed by atoms with Crippen LogP contribution in [-0.4, -0.2) is 32.2 Å². The van der Waals surface area contributed by atoms with Gasteiger partial charge in [0.1, 0.15) is 0 Å². The van der Waals surface area contributed by atoms with Crippen LogP contribution in [0.15, 0.2) is 18.2 Å². The summed E-state index contributed by atoms with van der Waals surface area (Å²) in [5, 5.41) is 6.87. The predicted molar refractivity (Wildman–Crippen MR) is 72.0 cm³/mol. The molecule has 1 unspecified atom stereocenters. The Morgan fingerprint density at radius 2 is 2.33 bits per heavy atom. The number of methoxy groups -OCH3 is 1. The molecule has 1 aliphatic heterocycles. The Kier molecular flexibility index (Phi) is 4.20. The van der Waals surface area contributed by atoms with Crippen molar-refractivity contribution in [3.8, 4) is 0 Å². The third-order valence-electron chi connectivity index (χ3n) is 3.32. The summed E-state index contributed by atoms with van der Waals surface area (Å²) in [7, 11) is 1.40. The highest BCUT2D eigenvalue weighted by molar-refractivity contribution is 5.90. The van der Waals surface area contributed by atoms with Crippen molar-refractivity contribution in [2.24, 2.45) is 0 Å². The van der Waals surface area contributed by atoms with Crippen molar-refractivity contribution in [1.82, 2.24) is 5.32 Å². The van der Waals surface area contributed by atoms with E-state index in [1.807, 2.05) is 19.1 Å². The number of benzene rings is 1.